The van der Waals surface area contributed by atoms with E-state index in [1.54, 1.807) is 6.33 Å². The lowest BCUT2D eigenvalue weighted by Gasteiger charge is -2.38. The van der Waals surface area contributed by atoms with Gasteiger partial charge in [0.2, 0.25) is 5.91 Å². The van der Waals surface area contributed by atoms with Crippen LogP contribution in [0.25, 0.3) is 0 Å². The molecule has 5 rings (SSSR count). The zero-order valence-corrected chi connectivity index (χ0v) is 29.9. The molecule has 3 aliphatic heterocycles. The maximum absolute atomic E-state index is 12.1. The summed E-state index contributed by atoms with van der Waals surface area (Å²) in [5, 5.41) is 4.19. The van der Waals surface area contributed by atoms with Gasteiger partial charge in [-0.05, 0) is 50.2 Å². The molecule has 1 saturated heterocycles. The number of rotatable bonds is 14. The average molecular weight is 651 g/mol. The van der Waals surface area contributed by atoms with E-state index < -0.39 is 8.07 Å². The van der Waals surface area contributed by atoms with Crippen molar-refractivity contribution in [3.05, 3.63) is 53.5 Å². The molecule has 46 heavy (non-hydrogen) atoms. The van der Waals surface area contributed by atoms with Gasteiger partial charge in [-0.3, -0.25) is 14.6 Å². The number of carbonyl (C=O) groups excluding carboxylic acids is 1. The highest BCUT2D eigenvalue weighted by atomic mass is 28.3. The number of likely N-dealkylation sites (N-methyl/N-ethyl adjacent to an activating group) is 1. The number of fused-ring (bicyclic) bond motifs is 2. The smallest absolute Gasteiger partial charge is 0.246 e. The van der Waals surface area contributed by atoms with Crippen molar-refractivity contribution in [2.75, 3.05) is 87.1 Å². The molecule has 1 aromatic heterocycles. The van der Waals surface area contributed by atoms with Crippen LogP contribution in [0.2, 0.25) is 25.7 Å². The fourth-order valence-electron chi connectivity index (χ4n) is 6.58. The fourth-order valence-corrected chi connectivity index (χ4v) is 7.34. The van der Waals surface area contributed by atoms with Crippen molar-refractivity contribution in [1.82, 2.24) is 24.9 Å². The molecule has 0 bridgehead atoms. The molecule has 2 aromatic rings. The summed E-state index contributed by atoms with van der Waals surface area (Å²) in [5.74, 6) is 1.01. The first-order chi connectivity index (χ1) is 22.1. The number of hydrazine groups is 1. The predicted octanol–water partition coefficient (Wildman–Crippen LogP) is 4.31. The van der Waals surface area contributed by atoms with Crippen LogP contribution >= 0.6 is 0 Å². The van der Waals surface area contributed by atoms with E-state index in [1.165, 1.54) is 28.5 Å². The number of ether oxygens (including phenoxy) is 1. The van der Waals surface area contributed by atoms with Crippen LogP contribution in [0.15, 0.2) is 31.1 Å². The van der Waals surface area contributed by atoms with E-state index in [9.17, 15) is 4.79 Å². The van der Waals surface area contributed by atoms with Crippen LogP contribution < -0.4 is 14.8 Å². The molecule has 12 heteroatoms. The van der Waals surface area contributed by atoms with Gasteiger partial charge in [-0.15, -0.1) is 0 Å². The molecule has 11 nitrogen and oxygen atoms in total. The fraction of sp³-hybridized carbons (Fsp3) is 0.618. The molecule has 0 unspecified atom stereocenters. The van der Waals surface area contributed by atoms with Gasteiger partial charge in [0, 0.05) is 70.8 Å². The highest BCUT2D eigenvalue weighted by Crippen LogP contribution is 2.42. The van der Waals surface area contributed by atoms with Gasteiger partial charge < -0.3 is 24.3 Å². The molecule has 3 aliphatic rings. The normalized spacial score (nSPS) is 17.1. The second-order valence-electron chi connectivity index (χ2n) is 13.7. The monoisotopic (exact) mass is 650 g/mol. The van der Waals surface area contributed by atoms with Crippen LogP contribution in [0.4, 0.5) is 17.2 Å². The van der Waals surface area contributed by atoms with Crippen molar-refractivity contribution in [2.24, 2.45) is 0 Å². The molecule has 252 valence electrons. The third-order valence-electron chi connectivity index (χ3n) is 9.42. The molecule has 1 amide bonds. The largest absolute Gasteiger partial charge is 0.365 e. The van der Waals surface area contributed by atoms with Crippen LogP contribution in [-0.4, -0.2) is 111 Å². The number of carbonyl (C=O) groups is 1. The standard InChI is InChI=1S/C34H54N8O3Si/c1-8-32(43)38-15-17-39(18-16-38)34-28-13-14-40(24-30(28)35-25-36-34)33-27(4)11-12-31-29(33)23-42(45-20-19-37(9-2)10-3)41(31)26-44-21-22-46(5,6)7/h8,11-12,25H,1,9-10,13-24,26H2,2-7H3. The number of piperazine rings is 1. The number of hydrogen-bond donors (Lipinski definition) is 0. The molecular formula is C34H54N8O3Si. The number of hydroxylamine groups is 1. The molecule has 0 saturated carbocycles. The molecule has 0 atom stereocenters. The summed E-state index contributed by atoms with van der Waals surface area (Å²) >= 11 is 0. The first kappa shape index (κ1) is 34.3. The van der Waals surface area contributed by atoms with Crippen molar-refractivity contribution in [2.45, 2.75) is 66.0 Å². The number of anilines is 3. The van der Waals surface area contributed by atoms with Crippen LogP contribution in [0.3, 0.4) is 0 Å². The molecule has 1 fully saturated rings. The minimum Gasteiger partial charge on any atom is -0.365 e. The van der Waals surface area contributed by atoms with Crippen LogP contribution in [0, 0.1) is 6.92 Å². The van der Waals surface area contributed by atoms with Gasteiger partial charge in [0.15, 0.2) is 0 Å². The van der Waals surface area contributed by atoms with Gasteiger partial charge in [0.05, 0.1) is 31.1 Å². The molecule has 0 aliphatic carbocycles. The van der Waals surface area contributed by atoms with E-state index in [0.29, 0.717) is 33.0 Å². The first-order valence-electron chi connectivity index (χ1n) is 17.0. The first-order valence-corrected chi connectivity index (χ1v) is 20.7. The summed E-state index contributed by atoms with van der Waals surface area (Å²) in [7, 11) is -1.19. The molecular weight excluding hydrogens is 597 g/mol. The maximum atomic E-state index is 12.1. The highest BCUT2D eigenvalue weighted by molar-refractivity contribution is 6.76. The molecule has 1 aromatic carbocycles. The Labute approximate surface area is 276 Å². The third-order valence-corrected chi connectivity index (χ3v) is 11.1. The second kappa shape index (κ2) is 15.2. The average Bonchev–Trinajstić information content (AvgIpc) is 3.40. The zero-order valence-electron chi connectivity index (χ0n) is 28.9. The summed E-state index contributed by atoms with van der Waals surface area (Å²) < 4.78 is 6.28. The SMILES string of the molecule is C=CC(=O)N1CCN(c2ncnc3c2CCN(c2c(C)ccc4c2CN(OCCN(CC)CC)N4COCC[Si](C)(C)C)C3)CC1. The van der Waals surface area contributed by atoms with Gasteiger partial charge in [0.1, 0.15) is 18.9 Å². The molecule has 0 radical (unpaired) electrons. The molecule has 0 spiro atoms. The van der Waals surface area contributed by atoms with Crippen molar-refractivity contribution in [3.63, 3.8) is 0 Å². The number of hydrogen-bond acceptors (Lipinski definition) is 10. The van der Waals surface area contributed by atoms with E-state index in [1.807, 2.05) is 10.1 Å². The Morgan fingerprint density at radius 2 is 1.76 bits per heavy atom. The van der Waals surface area contributed by atoms with Gasteiger partial charge in [-0.1, -0.05) is 51.3 Å². The number of benzene rings is 1. The number of nitrogens with zero attached hydrogens (tertiary/aromatic N) is 8. The quantitative estimate of drug-likeness (QED) is 0.168. The van der Waals surface area contributed by atoms with Gasteiger partial charge in [-0.2, -0.15) is 0 Å². The predicted molar refractivity (Wildman–Crippen MR) is 188 cm³/mol. The van der Waals surface area contributed by atoms with E-state index in [0.717, 1.165) is 82.1 Å². The highest BCUT2D eigenvalue weighted by Gasteiger charge is 2.35. The van der Waals surface area contributed by atoms with E-state index in [2.05, 4.69) is 78.8 Å². The Morgan fingerprint density at radius 1 is 1.00 bits per heavy atom. The van der Waals surface area contributed by atoms with Crippen molar-refractivity contribution >= 4 is 31.2 Å². The summed E-state index contributed by atoms with van der Waals surface area (Å²) in [4.78, 5) is 37.1. The van der Waals surface area contributed by atoms with Crippen LogP contribution in [0.5, 0.6) is 0 Å². The molecule has 4 heterocycles. The van der Waals surface area contributed by atoms with Gasteiger partial charge >= 0.3 is 0 Å². The lowest BCUT2D eigenvalue weighted by Crippen LogP contribution is -2.49. The Balaban J connectivity index is 1.34. The summed E-state index contributed by atoms with van der Waals surface area (Å²) in [6.45, 7) is 27.3. The van der Waals surface area contributed by atoms with Crippen LogP contribution in [0.1, 0.15) is 36.2 Å². The maximum Gasteiger partial charge on any atom is 0.246 e. The van der Waals surface area contributed by atoms with E-state index in [-0.39, 0.29) is 5.91 Å². The van der Waals surface area contributed by atoms with Crippen molar-refractivity contribution in [1.29, 1.82) is 0 Å². The Bertz CT molecular complexity index is 1360. The zero-order chi connectivity index (χ0) is 32.8. The van der Waals surface area contributed by atoms with Gasteiger partial charge in [0.25, 0.3) is 0 Å². The molecule has 0 N–H and O–H groups in total. The summed E-state index contributed by atoms with van der Waals surface area (Å²) in [6, 6.07) is 5.58. The van der Waals surface area contributed by atoms with Gasteiger partial charge in [-0.25, -0.2) is 9.97 Å². The number of aromatic nitrogens is 2. The summed E-state index contributed by atoms with van der Waals surface area (Å²) in [6.07, 6.45) is 3.97. The minimum atomic E-state index is -1.19. The third kappa shape index (κ3) is 7.91. The summed E-state index contributed by atoms with van der Waals surface area (Å²) in [5.41, 5.74) is 7.25. The lowest BCUT2D eigenvalue weighted by atomic mass is 10.00. The van der Waals surface area contributed by atoms with Crippen molar-refractivity contribution in [3.8, 4) is 0 Å². The number of amides is 1. The minimum absolute atomic E-state index is 0.00433. The van der Waals surface area contributed by atoms with E-state index in [4.69, 9.17) is 19.5 Å². The van der Waals surface area contributed by atoms with Crippen molar-refractivity contribution < 1.29 is 14.4 Å². The van der Waals surface area contributed by atoms with E-state index >= 15 is 0 Å². The van der Waals surface area contributed by atoms with Crippen LogP contribution in [-0.2, 0) is 33.9 Å². The topological polar surface area (TPSA) is 80.8 Å². The Morgan fingerprint density at radius 3 is 2.46 bits per heavy atom. The Kier molecular flexibility index (Phi) is 11.4. The lowest BCUT2D eigenvalue weighted by molar-refractivity contribution is -0.180. The Hall–Kier alpha value is -3.03. The second-order valence-corrected chi connectivity index (χ2v) is 19.3. The number of aryl methyl sites for hydroxylation is 1.